The number of aromatic nitrogens is 1. The fraction of sp³-hybridized carbons (Fsp3) is 0.350. The van der Waals surface area contributed by atoms with Crippen LogP contribution in [0.25, 0.3) is 10.9 Å². The monoisotopic (exact) mass is 322 g/mol. The molecule has 3 heterocycles. The molecule has 1 aliphatic rings. The molecule has 1 aromatic carbocycles. The minimum Gasteiger partial charge on any atom is -0.467 e. The Morgan fingerprint density at radius 3 is 2.88 bits per heavy atom. The molecule has 124 valence electrons. The number of anilines is 1. The van der Waals surface area contributed by atoms with Crippen LogP contribution in [0, 0.1) is 6.92 Å². The van der Waals surface area contributed by atoms with Crippen molar-refractivity contribution in [2.24, 2.45) is 0 Å². The molecular weight excluding hydrogens is 300 g/mol. The van der Waals surface area contributed by atoms with E-state index in [4.69, 9.17) is 14.1 Å². The highest BCUT2D eigenvalue weighted by molar-refractivity contribution is 5.94. The maximum absolute atomic E-state index is 5.94. The van der Waals surface area contributed by atoms with E-state index in [-0.39, 0.29) is 6.10 Å². The number of fused-ring (bicyclic) bond motifs is 1. The fourth-order valence-electron chi connectivity index (χ4n) is 3.64. The molecule has 1 atom stereocenters. The molecule has 1 fully saturated rings. The van der Waals surface area contributed by atoms with Gasteiger partial charge in [-0.1, -0.05) is 25.1 Å². The summed E-state index contributed by atoms with van der Waals surface area (Å²) in [6.07, 6.45) is 2.66. The molecule has 4 rings (SSSR count). The summed E-state index contributed by atoms with van der Waals surface area (Å²) in [5.74, 6) is 0.896. The minimum absolute atomic E-state index is 0.0225. The van der Waals surface area contributed by atoms with Crippen molar-refractivity contribution in [2.45, 2.75) is 26.4 Å². The average Bonchev–Trinajstić information content (AvgIpc) is 3.15. The van der Waals surface area contributed by atoms with Crippen LogP contribution in [0.15, 0.2) is 47.1 Å². The van der Waals surface area contributed by atoms with Crippen molar-refractivity contribution in [1.29, 1.82) is 0 Å². The second-order valence-corrected chi connectivity index (χ2v) is 6.22. The van der Waals surface area contributed by atoms with E-state index in [2.05, 4.69) is 43.0 Å². The lowest BCUT2D eigenvalue weighted by molar-refractivity contribution is 0.0258. The molecule has 0 N–H and O–H groups in total. The third-order valence-electron chi connectivity index (χ3n) is 4.77. The SMILES string of the molecule is CCc1c(C)nc2ccccc2c1N1CCOC(c2ccco2)C1. The lowest BCUT2D eigenvalue weighted by Gasteiger charge is -2.35. The predicted octanol–water partition coefficient (Wildman–Crippen LogP) is 4.28. The average molecular weight is 322 g/mol. The van der Waals surface area contributed by atoms with Crippen molar-refractivity contribution in [1.82, 2.24) is 4.98 Å². The van der Waals surface area contributed by atoms with E-state index in [1.54, 1.807) is 6.26 Å². The van der Waals surface area contributed by atoms with E-state index >= 15 is 0 Å². The number of hydrogen-bond acceptors (Lipinski definition) is 4. The molecule has 0 radical (unpaired) electrons. The molecule has 0 spiro atoms. The van der Waals surface area contributed by atoms with Gasteiger partial charge in [-0.3, -0.25) is 4.98 Å². The van der Waals surface area contributed by atoms with Gasteiger partial charge in [0.25, 0.3) is 0 Å². The zero-order valence-electron chi connectivity index (χ0n) is 14.2. The van der Waals surface area contributed by atoms with Crippen LogP contribution < -0.4 is 4.90 Å². The third kappa shape index (κ3) is 2.57. The Morgan fingerprint density at radius 2 is 2.08 bits per heavy atom. The highest BCUT2D eigenvalue weighted by Crippen LogP contribution is 2.35. The van der Waals surface area contributed by atoms with Crippen molar-refractivity contribution < 1.29 is 9.15 Å². The van der Waals surface area contributed by atoms with Crippen LogP contribution in [-0.4, -0.2) is 24.7 Å². The van der Waals surface area contributed by atoms with Gasteiger partial charge in [-0.2, -0.15) is 0 Å². The molecule has 0 aliphatic carbocycles. The van der Waals surface area contributed by atoms with Gasteiger partial charge in [0.1, 0.15) is 11.9 Å². The van der Waals surface area contributed by atoms with Gasteiger partial charge in [-0.25, -0.2) is 0 Å². The van der Waals surface area contributed by atoms with Crippen molar-refractivity contribution in [3.8, 4) is 0 Å². The van der Waals surface area contributed by atoms with Gasteiger partial charge >= 0.3 is 0 Å². The minimum atomic E-state index is -0.0225. The number of benzene rings is 1. The van der Waals surface area contributed by atoms with Crippen LogP contribution in [0.2, 0.25) is 0 Å². The zero-order chi connectivity index (χ0) is 16.5. The molecule has 3 aromatic rings. The normalized spacial score (nSPS) is 18.2. The fourth-order valence-corrected chi connectivity index (χ4v) is 3.64. The second kappa shape index (κ2) is 6.29. The van der Waals surface area contributed by atoms with Gasteiger partial charge in [0.15, 0.2) is 0 Å². The third-order valence-corrected chi connectivity index (χ3v) is 4.77. The zero-order valence-corrected chi connectivity index (χ0v) is 14.2. The Bertz CT molecular complexity index is 842. The van der Waals surface area contributed by atoms with Crippen LogP contribution in [0.5, 0.6) is 0 Å². The summed E-state index contributed by atoms with van der Waals surface area (Å²) in [4.78, 5) is 7.23. The van der Waals surface area contributed by atoms with E-state index < -0.39 is 0 Å². The lowest BCUT2D eigenvalue weighted by Crippen LogP contribution is -2.39. The molecule has 0 amide bonds. The van der Waals surface area contributed by atoms with E-state index in [0.29, 0.717) is 6.61 Å². The number of rotatable bonds is 3. The van der Waals surface area contributed by atoms with Gasteiger partial charge in [0.05, 0.1) is 30.6 Å². The Balaban J connectivity index is 1.80. The molecule has 2 aromatic heterocycles. The highest BCUT2D eigenvalue weighted by atomic mass is 16.5. The quantitative estimate of drug-likeness (QED) is 0.721. The summed E-state index contributed by atoms with van der Waals surface area (Å²) in [6.45, 7) is 6.70. The number of nitrogens with zero attached hydrogens (tertiary/aromatic N) is 2. The molecule has 1 saturated heterocycles. The smallest absolute Gasteiger partial charge is 0.134 e. The van der Waals surface area contributed by atoms with E-state index in [0.717, 1.165) is 36.5 Å². The molecule has 4 heteroatoms. The number of pyridine rings is 1. The number of ether oxygens (including phenoxy) is 1. The predicted molar refractivity (Wildman–Crippen MR) is 95.5 cm³/mol. The summed E-state index contributed by atoms with van der Waals surface area (Å²) in [7, 11) is 0. The molecule has 1 unspecified atom stereocenters. The van der Waals surface area contributed by atoms with Gasteiger partial charge in [-0.05, 0) is 37.1 Å². The molecule has 0 saturated carbocycles. The summed E-state index contributed by atoms with van der Waals surface area (Å²) in [5, 5.41) is 1.22. The molecular formula is C20H22N2O2. The Kier molecular flexibility index (Phi) is 3.98. The standard InChI is InChI=1S/C20H22N2O2/c1-3-15-14(2)21-17-8-5-4-7-16(17)20(15)22-10-12-24-19(13-22)18-9-6-11-23-18/h4-9,11,19H,3,10,12-13H2,1-2H3. The largest absolute Gasteiger partial charge is 0.467 e. The Labute approximate surface area is 142 Å². The van der Waals surface area contributed by atoms with Crippen molar-refractivity contribution in [3.63, 3.8) is 0 Å². The van der Waals surface area contributed by atoms with Gasteiger partial charge in [0, 0.05) is 17.6 Å². The topological polar surface area (TPSA) is 38.5 Å². The first kappa shape index (κ1) is 15.2. The maximum Gasteiger partial charge on any atom is 0.134 e. The Hall–Kier alpha value is -2.33. The van der Waals surface area contributed by atoms with Crippen LogP contribution >= 0.6 is 0 Å². The molecule has 24 heavy (non-hydrogen) atoms. The maximum atomic E-state index is 5.94. The van der Waals surface area contributed by atoms with E-state index in [9.17, 15) is 0 Å². The van der Waals surface area contributed by atoms with Crippen molar-refractivity contribution >= 4 is 16.6 Å². The number of para-hydroxylation sites is 1. The lowest BCUT2D eigenvalue weighted by atomic mass is 10.0. The summed E-state index contributed by atoms with van der Waals surface area (Å²) < 4.78 is 11.5. The van der Waals surface area contributed by atoms with Crippen LogP contribution in [0.4, 0.5) is 5.69 Å². The van der Waals surface area contributed by atoms with Crippen LogP contribution in [0.3, 0.4) is 0 Å². The summed E-state index contributed by atoms with van der Waals surface area (Å²) in [6, 6.07) is 12.3. The first-order valence-electron chi connectivity index (χ1n) is 8.56. The van der Waals surface area contributed by atoms with Gasteiger partial charge in [-0.15, -0.1) is 0 Å². The number of morpholine rings is 1. The molecule has 4 nitrogen and oxygen atoms in total. The van der Waals surface area contributed by atoms with Crippen molar-refractivity contribution in [2.75, 3.05) is 24.6 Å². The summed E-state index contributed by atoms with van der Waals surface area (Å²) in [5.41, 5.74) is 4.81. The van der Waals surface area contributed by atoms with E-state index in [1.165, 1.54) is 16.6 Å². The van der Waals surface area contributed by atoms with Gasteiger partial charge in [0.2, 0.25) is 0 Å². The van der Waals surface area contributed by atoms with Crippen LogP contribution in [0.1, 0.15) is 30.0 Å². The molecule has 0 bridgehead atoms. The highest BCUT2D eigenvalue weighted by Gasteiger charge is 2.27. The number of furan rings is 1. The first-order valence-corrected chi connectivity index (χ1v) is 8.56. The second-order valence-electron chi connectivity index (χ2n) is 6.22. The van der Waals surface area contributed by atoms with Gasteiger partial charge < -0.3 is 14.1 Å². The number of hydrogen-bond donors (Lipinski definition) is 0. The first-order chi connectivity index (χ1) is 11.8. The summed E-state index contributed by atoms with van der Waals surface area (Å²) >= 11 is 0. The Morgan fingerprint density at radius 1 is 1.21 bits per heavy atom. The van der Waals surface area contributed by atoms with Crippen molar-refractivity contribution in [3.05, 3.63) is 59.7 Å². The molecule has 1 aliphatic heterocycles. The number of aryl methyl sites for hydroxylation is 1. The van der Waals surface area contributed by atoms with E-state index in [1.807, 2.05) is 12.1 Å². The van der Waals surface area contributed by atoms with Crippen LogP contribution in [-0.2, 0) is 11.2 Å².